The predicted octanol–water partition coefficient (Wildman–Crippen LogP) is -1.32. The molecule has 0 heterocycles. The lowest BCUT2D eigenvalue weighted by Gasteiger charge is -2.00. The Bertz CT molecular complexity index is 378. The minimum Gasteiger partial charge on any atom is -0.402 e. The van der Waals surface area contributed by atoms with Crippen molar-refractivity contribution in [2.24, 2.45) is 0 Å². The molecule has 0 aliphatic rings. The minimum atomic E-state index is -3.07. The van der Waals surface area contributed by atoms with Gasteiger partial charge < -0.3 is 15.1 Å². The van der Waals surface area contributed by atoms with Crippen molar-refractivity contribution in [2.45, 2.75) is 6.54 Å². The summed E-state index contributed by atoms with van der Waals surface area (Å²) in [6.07, 6.45) is 1.15. The minimum absolute atomic E-state index is 0.361. The molecular weight excluding hydrogens is 233 g/mol. The third kappa shape index (κ3) is 11.2. The summed E-state index contributed by atoms with van der Waals surface area (Å²) in [4.78, 5) is 0. The van der Waals surface area contributed by atoms with E-state index in [1.807, 2.05) is 30.3 Å². The van der Waals surface area contributed by atoms with Crippen LogP contribution < -0.4 is 4.72 Å². The molecule has 1 aromatic rings. The van der Waals surface area contributed by atoms with Crippen LogP contribution >= 0.6 is 0 Å². The third-order valence-corrected chi connectivity index (χ3v) is 2.05. The van der Waals surface area contributed by atoms with Crippen LogP contribution in [0, 0.1) is 0 Å². The lowest BCUT2D eigenvalue weighted by molar-refractivity contribution is 0.278. The average Bonchev–Trinajstić information content (AvgIpc) is 2.14. The molecule has 4 N–H and O–H groups in total. The molecule has 6 nitrogen and oxygen atoms in total. The van der Waals surface area contributed by atoms with Crippen LogP contribution in [0.2, 0.25) is 0 Å². The summed E-state index contributed by atoms with van der Waals surface area (Å²) in [7, 11) is -5.24. The van der Waals surface area contributed by atoms with E-state index in [2.05, 4.69) is 4.72 Å². The number of hydrogen-bond donors (Lipinski definition) is 4. The van der Waals surface area contributed by atoms with E-state index in [0.29, 0.717) is 6.54 Å². The molecule has 90 valence electrons. The second-order valence-corrected chi connectivity index (χ2v) is 4.76. The van der Waals surface area contributed by atoms with Crippen LogP contribution in [0.1, 0.15) is 5.56 Å². The normalized spacial score (nSPS) is 10.2. The van der Waals surface area contributed by atoms with Gasteiger partial charge in [0.25, 0.3) is 0 Å². The summed E-state index contributed by atoms with van der Waals surface area (Å²) in [5.41, 5.74) is 0.961. The molecule has 0 radical (unpaired) electrons. The number of nitrogens with one attached hydrogen (secondary N) is 1. The van der Waals surface area contributed by atoms with Crippen molar-refractivity contribution in [1.82, 2.24) is 4.72 Å². The fraction of sp³-hybridized carbons (Fsp3) is 0.250. The van der Waals surface area contributed by atoms with Crippen molar-refractivity contribution in [3.05, 3.63) is 35.9 Å². The standard InChI is InChI=1S/C8H11NO2S.BH3O3/c1-12(10,11)9-7-8-5-3-2-4-6-8;2-1(3)4/h2-6,9H,7H2,1H3;2-4H. The van der Waals surface area contributed by atoms with E-state index in [-0.39, 0.29) is 0 Å². The van der Waals surface area contributed by atoms with E-state index in [4.69, 9.17) is 15.1 Å². The number of benzene rings is 1. The monoisotopic (exact) mass is 247 g/mol. The van der Waals surface area contributed by atoms with Gasteiger partial charge in [-0.05, 0) is 5.56 Å². The maximum absolute atomic E-state index is 10.7. The molecule has 0 bridgehead atoms. The molecule has 0 aliphatic heterocycles. The lowest BCUT2D eigenvalue weighted by atomic mass is 10.2. The van der Waals surface area contributed by atoms with Gasteiger partial charge in [0.2, 0.25) is 10.0 Å². The molecule has 8 heteroatoms. The molecule has 0 atom stereocenters. The van der Waals surface area contributed by atoms with Crippen molar-refractivity contribution in [2.75, 3.05) is 6.26 Å². The molecule has 16 heavy (non-hydrogen) atoms. The van der Waals surface area contributed by atoms with Crippen molar-refractivity contribution in [3.63, 3.8) is 0 Å². The van der Waals surface area contributed by atoms with Gasteiger partial charge in [-0.15, -0.1) is 0 Å². The first-order chi connectivity index (χ1) is 7.31. The highest BCUT2D eigenvalue weighted by Gasteiger charge is 1.98. The highest BCUT2D eigenvalue weighted by molar-refractivity contribution is 7.88. The van der Waals surface area contributed by atoms with Crippen LogP contribution in [0.3, 0.4) is 0 Å². The molecule has 0 saturated carbocycles. The quantitative estimate of drug-likeness (QED) is 0.496. The van der Waals surface area contributed by atoms with Crippen LogP contribution in [0.15, 0.2) is 30.3 Å². The Morgan fingerprint density at radius 3 is 2.00 bits per heavy atom. The van der Waals surface area contributed by atoms with Gasteiger partial charge in [0.15, 0.2) is 0 Å². The Labute approximate surface area is 94.8 Å². The Morgan fingerprint density at radius 2 is 1.62 bits per heavy atom. The van der Waals surface area contributed by atoms with Gasteiger partial charge in [-0.1, -0.05) is 30.3 Å². The van der Waals surface area contributed by atoms with Crippen molar-refractivity contribution < 1.29 is 23.5 Å². The molecule has 0 aliphatic carbocycles. The zero-order valence-electron chi connectivity index (χ0n) is 8.74. The van der Waals surface area contributed by atoms with Gasteiger partial charge in [0, 0.05) is 6.54 Å². The first-order valence-electron chi connectivity index (χ1n) is 4.34. The zero-order valence-corrected chi connectivity index (χ0v) is 9.55. The van der Waals surface area contributed by atoms with Crippen molar-refractivity contribution in [3.8, 4) is 0 Å². The maximum atomic E-state index is 10.7. The van der Waals surface area contributed by atoms with Crippen LogP contribution in [0.25, 0.3) is 0 Å². The van der Waals surface area contributed by atoms with Crippen LogP contribution in [-0.2, 0) is 16.6 Å². The highest BCUT2D eigenvalue weighted by Crippen LogP contribution is 1.97. The van der Waals surface area contributed by atoms with Crippen LogP contribution in [0.5, 0.6) is 0 Å². The van der Waals surface area contributed by atoms with Crippen LogP contribution in [0.4, 0.5) is 0 Å². The molecule has 0 unspecified atom stereocenters. The van der Waals surface area contributed by atoms with Gasteiger partial charge in [0.1, 0.15) is 0 Å². The smallest absolute Gasteiger partial charge is 0.402 e. The molecule has 1 aromatic carbocycles. The summed E-state index contributed by atoms with van der Waals surface area (Å²) in [5.74, 6) is 0. The van der Waals surface area contributed by atoms with E-state index in [1.165, 1.54) is 0 Å². The Morgan fingerprint density at radius 1 is 1.19 bits per heavy atom. The molecule has 0 spiro atoms. The first kappa shape index (κ1) is 15.1. The largest absolute Gasteiger partial charge is 0.631 e. The average molecular weight is 247 g/mol. The van der Waals surface area contributed by atoms with Crippen molar-refractivity contribution >= 4 is 17.3 Å². The highest BCUT2D eigenvalue weighted by atomic mass is 32.2. The number of rotatable bonds is 3. The van der Waals surface area contributed by atoms with Crippen LogP contribution in [-0.4, -0.2) is 37.1 Å². The second kappa shape index (κ2) is 7.36. The molecule has 0 amide bonds. The summed E-state index contributed by atoms with van der Waals surface area (Å²) in [5, 5.41) is 21.5. The third-order valence-electron chi connectivity index (χ3n) is 1.38. The van der Waals surface area contributed by atoms with Gasteiger partial charge in [-0.3, -0.25) is 0 Å². The molecule has 1 rings (SSSR count). The summed E-state index contributed by atoms with van der Waals surface area (Å²) in [6.45, 7) is 0.361. The predicted molar refractivity (Wildman–Crippen MR) is 60.5 cm³/mol. The van der Waals surface area contributed by atoms with E-state index in [1.54, 1.807) is 0 Å². The Hall–Kier alpha value is -0.925. The van der Waals surface area contributed by atoms with Gasteiger partial charge >= 0.3 is 7.32 Å². The number of sulfonamides is 1. The fourth-order valence-corrected chi connectivity index (χ4v) is 1.24. The topological polar surface area (TPSA) is 107 Å². The number of hydrogen-bond acceptors (Lipinski definition) is 5. The van der Waals surface area contributed by atoms with E-state index in [0.717, 1.165) is 11.8 Å². The first-order valence-corrected chi connectivity index (χ1v) is 6.23. The van der Waals surface area contributed by atoms with Gasteiger partial charge in [-0.2, -0.15) is 0 Å². The summed E-state index contributed by atoms with van der Waals surface area (Å²) in [6, 6.07) is 9.39. The fourth-order valence-electron chi connectivity index (χ4n) is 0.810. The summed E-state index contributed by atoms with van der Waals surface area (Å²) >= 11 is 0. The molecular formula is C8H14BNO5S. The zero-order chi connectivity index (χ0) is 12.6. The van der Waals surface area contributed by atoms with Gasteiger partial charge in [-0.25, -0.2) is 13.1 Å². The molecule has 0 fully saturated rings. The van der Waals surface area contributed by atoms with Gasteiger partial charge in [0.05, 0.1) is 6.26 Å². The van der Waals surface area contributed by atoms with E-state index >= 15 is 0 Å². The van der Waals surface area contributed by atoms with Crippen molar-refractivity contribution in [1.29, 1.82) is 0 Å². The lowest BCUT2D eigenvalue weighted by Crippen LogP contribution is -2.20. The Balaban J connectivity index is 0.000000487. The maximum Gasteiger partial charge on any atom is 0.631 e. The van der Waals surface area contributed by atoms with E-state index < -0.39 is 17.3 Å². The summed E-state index contributed by atoms with van der Waals surface area (Å²) < 4.78 is 23.8. The molecule has 0 aromatic heterocycles. The Kier molecular flexibility index (Phi) is 6.94. The van der Waals surface area contributed by atoms with E-state index in [9.17, 15) is 8.42 Å². The molecule has 0 saturated heterocycles. The second-order valence-electron chi connectivity index (χ2n) is 2.93. The SMILES string of the molecule is CS(=O)(=O)NCc1ccccc1.OB(O)O.